The van der Waals surface area contributed by atoms with Crippen LogP contribution in [0.1, 0.15) is 16.7 Å². The Morgan fingerprint density at radius 2 is 1.69 bits per heavy atom. The van der Waals surface area contributed by atoms with E-state index in [0.29, 0.717) is 0 Å². The van der Waals surface area contributed by atoms with Gasteiger partial charge in [-0.2, -0.15) is 0 Å². The monoisotopic (exact) mass is 169 g/mol. The fraction of sp³-hybridized carbons (Fsp3) is 0.231. The van der Waals surface area contributed by atoms with Crippen molar-refractivity contribution in [2.45, 2.75) is 20.8 Å². The van der Waals surface area contributed by atoms with Crippen LogP contribution >= 0.6 is 0 Å². The van der Waals surface area contributed by atoms with Crippen molar-refractivity contribution in [2.75, 3.05) is 0 Å². The molecule has 0 saturated heterocycles. The first-order valence-corrected chi connectivity index (χ1v) is 4.57. The van der Waals surface area contributed by atoms with Crippen molar-refractivity contribution >= 4 is 0 Å². The molecular formula is C13H13. The van der Waals surface area contributed by atoms with Crippen LogP contribution in [0.3, 0.4) is 0 Å². The third-order valence-corrected chi connectivity index (χ3v) is 2.45. The third kappa shape index (κ3) is 1.33. The van der Waals surface area contributed by atoms with Crippen LogP contribution in [-0.4, -0.2) is 0 Å². The number of hydrogen-bond donors (Lipinski definition) is 0. The summed E-state index contributed by atoms with van der Waals surface area (Å²) in [6, 6.07) is 11.9. The smallest absolute Gasteiger partial charge is 0.00731 e. The van der Waals surface area contributed by atoms with Gasteiger partial charge >= 0.3 is 0 Å². The van der Waals surface area contributed by atoms with Gasteiger partial charge in [-0.25, -0.2) is 0 Å². The van der Waals surface area contributed by atoms with E-state index in [1.807, 2.05) is 6.07 Å². The Morgan fingerprint density at radius 1 is 1.00 bits per heavy atom. The summed E-state index contributed by atoms with van der Waals surface area (Å²) < 4.78 is 0. The highest BCUT2D eigenvalue weighted by Gasteiger charge is 2.06. The molecule has 0 N–H and O–H groups in total. The largest absolute Gasteiger partial charge is 0.0558 e. The zero-order valence-electron chi connectivity index (χ0n) is 8.31. The molecule has 0 amide bonds. The lowest BCUT2D eigenvalue weighted by molar-refractivity contribution is 1.42. The maximum Gasteiger partial charge on any atom is -0.00731 e. The van der Waals surface area contributed by atoms with Gasteiger partial charge in [-0.3, -0.25) is 0 Å². The Labute approximate surface area is 79.6 Å². The van der Waals surface area contributed by atoms with Crippen LogP contribution in [0.15, 0.2) is 24.3 Å². The van der Waals surface area contributed by atoms with Crippen molar-refractivity contribution in [3.8, 4) is 11.1 Å². The lowest BCUT2D eigenvalue weighted by atomic mass is 10.1. The molecule has 0 saturated carbocycles. The van der Waals surface area contributed by atoms with Gasteiger partial charge in [0, 0.05) is 0 Å². The van der Waals surface area contributed by atoms with Gasteiger partial charge in [0.05, 0.1) is 0 Å². The molecule has 0 unspecified atom stereocenters. The van der Waals surface area contributed by atoms with Crippen LogP contribution in [-0.2, 0) is 0 Å². The van der Waals surface area contributed by atoms with E-state index in [1.54, 1.807) is 0 Å². The number of fused-ring (bicyclic) bond motifs is 1. The molecular weight excluding hydrogens is 156 g/mol. The Hall–Kier alpha value is -1.30. The Balaban J connectivity index is 2.85. The van der Waals surface area contributed by atoms with E-state index in [1.165, 1.54) is 27.8 Å². The Morgan fingerprint density at radius 3 is 2.46 bits per heavy atom. The maximum absolute atomic E-state index is 3.28. The predicted molar refractivity (Wildman–Crippen MR) is 56.1 cm³/mol. The molecule has 0 nitrogen and oxygen atoms in total. The average molecular weight is 169 g/mol. The van der Waals surface area contributed by atoms with Crippen LogP contribution in [0.4, 0.5) is 0 Å². The van der Waals surface area contributed by atoms with Crippen molar-refractivity contribution in [1.82, 2.24) is 0 Å². The Kier molecular flexibility index (Phi) is 1.84. The minimum Gasteiger partial charge on any atom is -0.0558 e. The number of rotatable bonds is 0. The zero-order chi connectivity index (χ0) is 9.42. The fourth-order valence-corrected chi connectivity index (χ4v) is 1.90. The molecule has 0 aliphatic heterocycles. The van der Waals surface area contributed by atoms with Crippen LogP contribution < -0.4 is 0 Å². The van der Waals surface area contributed by atoms with Crippen molar-refractivity contribution in [1.29, 1.82) is 0 Å². The van der Waals surface area contributed by atoms with Gasteiger partial charge in [0.25, 0.3) is 0 Å². The molecule has 0 bridgehead atoms. The van der Waals surface area contributed by atoms with E-state index < -0.39 is 0 Å². The molecule has 65 valence electrons. The van der Waals surface area contributed by atoms with Gasteiger partial charge in [0.2, 0.25) is 0 Å². The molecule has 0 heterocycles. The van der Waals surface area contributed by atoms with Gasteiger partial charge in [0.15, 0.2) is 0 Å². The topological polar surface area (TPSA) is 0 Å². The average Bonchev–Trinajstić information content (AvgIpc) is 2.47. The van der Waals surface area contributed by atoms with Gasteiger partial charge in [-0.1, -0.05) is 29.8 Å². The summed E-state index contributed by atoms with van der Waals surface area (Å²) in [4.78, 5) is 0. The summed E-state index contributed by atoms with van der Waals surface area (Å²) in [6.45, 7) is 6.44. The van der Waals surface area contributed by atoms with Crippen molar-refractivity contribution in [2.24, 2.45) is 0 Å². The fourth-order valence-electron chi connectivity index (χ4n) is 1.90. The molecule has 0 atom stereocenters. The first-order chi connectivity index (χ1) is 6.18. The molecule has 0 fully saturated rings. The highest BCUT2D eigenvalue weighted by Crippen LogP contribution is 2.28. The van der Waals surface area contributed by atoms with Crippen LogP contribution in [0.5, 0.6) is 0 Å². The van der Waals surface area contributed by atoms with E-state index >= 15 is 0 Å². The summed E-state index contributed by atoms with van der Waals surface area (Å²) in [5.41, 5.74) is 6.54. The van der Waals surface area contributed by atoms with Crippen LogP contribution in [0.2, 0.25) is 0 Å². The molecule has 0 aromatic carbocycles. The van der Waals surface area contributed by atoms with Crippen molar-refractivity contribution in [3.05, 3.63) is 47.0 Å². The minimum absolute atomic E-state index is 1.26. The summed E-state index contributed by atoms with van der Waals surface area (Å²) in [7, 11) is 0. The molecule has 1 radical (unpaired) electrons. The SMILES string of the molecule is Cc1cc(C)c2[c]ccc-2c(C)c1. The van der Waals surface area contributed by atoms with Gasteiger partial charge in [0.1, 0.15) is 0 Å². The second-order valence-electron chi connectivity index (χ2n) is 3.67. The summed E-state index contributed by atoms with van der Waals surface area (Å²) in [5.74, 6) is 0. The Bertz CT molecular complexity index is 376. The zero-order valence-corrected chi connectivity index (χ0v) is 8.31. The second-order valence-corrected chi connectivity index (χ2v) is 3.67. The summed E-state index contributed by atoms with van der Waals surface area (Å²) in [6.07, 6.45) is 0. The van der Waals surface area contributed by atoms with E-state index in [4.69, 9.17) is 0 Å². The maximum atomic E-state index is 3.28. The minimum atomic E-state index is 1.26. The predicted octanol–water partition coefficient (Wildman–Crippen LogP) is 3.52. The molecule has 13 heavy (non-hydrogen) atoms. The van der Waals surface area contributed by atoms with Crippen LogP contribution in [0, 0.1) is 26.8 Å². The molecule has 2 aliphatic rings. The normalized spacial score (nSPS) is 10.7. The quantitative estimate of drug-likeness (QED) is 0.566. The van der Waals surface area contributed by atoms with Gasteiger partial charge in [-0.05, 0) is 49.1 Å². The van der Waals surface area contributed by atoms with Crippen molar-refractivity contribution < 1.29 is 0 Å². The summed E-state index contributed by atoms with van der Waals surface area (Å²) >= 11 is 0. The molecule has 2 rings (SSSR count). The first-order valence-electron chi connectivity index (χ1n) is 4.57. The molecule has 0 aromatic rings. The lowest BCUT2D eigenvalue weighted by Crippen LogP contribution is -1.75. The molecule has 0 heteroatoms. The second kappa shape index (κ2) is 2.88. The number of aryl methyl sites for hydroxylation is 3. The lowest BCUT2D eigenvalue weighted by Gasteiger charge is -1.98. The summed E-state index contributed by atoms with van der Waals surface area (Å²) in [5, 5.41) is 0. The highest BCUT2D eigenvalue weighted by atomic mass is 14.1. The van der Waals surface area contributed by atoms with Crippen LogP contribution in [0.25, 0.3) is 11.1 Å². The van der Waals surface area contributed by atoms with E-state index in [2.05, 4.69) is 45.0 Å². The van der Waals surface area contributed by atoms with E-state index in [0.717, 1.165) is 0 Å². The highest BCUT2D eigenvalue weighted by molar-refractivity contribution is 5.72. The number of hydrogen-bond acceptors (Lipinski definition) is 0. The van der Waals surface area contributed by atoms with Gasteiger partial charge < -0.3 is 0 Å². The standard InChI is InChI=1S/C13H13/c1-9-7-10(2)12-5-4-6-13(12)11(3)8-9/h4-5,7-8H,1-3H3. The third-order valence-electron chi connectivity index (χ3n) is 2.45. The molecule has 0 aromatic heterocycles. The first kappa shape index (κ1) is 8.31. The molecule has 0 spiro atoms. The van der Waals surface area contributed by atoms with Crippen molar-refractivity contribution in [3.63, 3.8) is 0 Å². The molecule has 2 aliphatic carbocycles. The van der Waals surface area contributed by atoms with Gasteiger partial charge in [-0.15, -0.1) is 0 Å². The van der Waals surface area contributed by atoms with E-state index in [9.17, 15) is 0 Å². The van der Waals surface area contributed by atoms with E-state index in [-0.39, 0.29) is 0 Å².